The molecule has 0 saturated carbocycles. The first kappa shape index (κ1) is 10.2. The third kappa shape index (κ3) is 1.88. The zero-order valence-electron chi connectivity index (χ0n) is 8.25. The molecule has 0 bridgehead atoms. The van der Waals surface area contributed by atoms with Gasteiger partial charge in [-0.05, 0) is 6.92 Å². The van der Waals surface area contributed by atoms with E-state index in [4.69, 9.17) is 21.9 Å². The van der Waals surface area contributed by atoms with Crippen LogP contribution in [-0.4, -0.2) is 23.2 Å². The van der Waals surface area contributed by atoms with Crippen LogP contribution in [0.2, 0.25) is 5.15 Å². The van der Waals surface area contributed by atoms with E-state index in [9.17, 15) is 0 Å². The summed E-state index contributed by atoms with van der Waals surface area (Å²) in [5.74, 6) is 0.668. The van der Waals surface area contributed by atoms with Crippen LogP contribution in [0.1, 0.15) is 5.69 Å². The fraction of sp³-hybridized carbons (Fsp3) is 0.333. The van der Waals surface area contributed by atoms with Crippen molar-refractivity contribution in [1.82, 2.24) is 10.1 Å². The van der Waals surface area contributed by atoms with Crippen molar-refractivity contribution in [2.24, 2.45) is 5.73 Å². The van der Waals surface area contributed by atoms with Crippen LogP contribution in [0.25, 0.3) is 11.0 Å². The summed E-state index contributed by atoms with van der Waals surface area (Å²) in [5.41, 5.74) is 6.83. The number of aryl methyl sites for hydroxylation is 1. The molecular formula is C9H11ClN4O. The number of pyridine rings is 1. The molecule has 6 heteroatoms. The summed E-state index contributed by atoms with van der Waals surface area (Å²) in [6, 6.07) is 1.64. The molecule has 0 aliphatic rings. The van der Waals surface area contributed by atoms with Crippen molar-refractivity contribution in [2.45, 2.75) is 6.92 Å². The Kier molecular flexibility index (Phi) is 2.75. The lowest BCUT2D eigenvalue weighted by atomic mass is 10.2. The molecule has 0 amide bonds. The normalized spacial score (nSPS) is 10.9. The largest absolute Gasteiger partial charge is 0.368 e. The van der Waals surface area contributed by atoms with Crippen molar-refractivity contribution in [1.29, 1.82) is 0 Å². The van der Waals surface area contributed by atoms with Crippen LogP contribution in [0, 0.1) is 6.92 Å². The topological polar surface area (TPSA) is 77.0 Å². The molecule has 2 heterocycles. The highest BCUT2D eigenvalue weighted by Crippen LogP contribution is 2.27. The Bertz CT molecular complexity index is 482. The van der Waals surface area contributed by atoms with Gasteiger partial charge in [-0.15, -0.1) is 0 Å². The van der Waals surface area contributed by atoms with Gasteiger partial charge in [-0.3, -0.25) is 0 Å². The molecule has 0 saturated heterocycles. The maximum absolute atomic E-state index is 5.84. The minimum absolute atomic E-state index is 0.373. The molecule has 0 aliphatic heterocycles. The fourth-order valence-corrected chi connectivity index (χ4v) is 1.58. The van der Waals surface area contributed by atoms with Gasteiger partial charge in [0.05, 0.1) is 11.1 Å². The second kappa shape index (κ2) is 4.04. The number of nitrogens with two attached hydrogens (primary N) is 1. The smallest absolute Gasteiger partial charge is 0.173 e. The molecule has 5 nitrogen and oxygen atoms in total. The van der Waals surface area contributed by atoms with E-state index in [2.05, 4.69) is 15.5 Å². The van der Waals surface area contributed by atoms with Gasteiger partial charge in [0, 0.05) is 19.2 Å². The van der Waals surface area contributed by atoms with E-state index in [1.165, 1.54) is 0 Å². The van der Waals surface area contributed by atoms with Gasteiger partial charge in [0.25, 0.3) is 0 Å². The summed E-state index contributed by atoms with van der Waals surface area (Å²) < 4.78 is 5.10. The molecule has 0 unspecified atom stereocenters. The van der Waals surface area contributed by atoms with E-state index in [1.54, 1.807) is 6.07 Å². The lowest BCUT2D eigenvalue weighted by Gasteiger charge is -2.04. The zero-order valence-corrected chi connectivity index (χ0v) is 9.01. The summed E-state index contributed by atoms with van der Waals surface area (Å²) in [6.45, 7) is 3.02. The summed E-state index contributed by atoms with van der Waals surface area (Å²) >= 11 is 5.84. The van der Waals surface area contributed by atoms with Gasteiger partial charge in [-0.25, -0.2) is 4.98 Å². The SMILES string of the molecule is Cc1noc2cc(Cl)nc(NCCN)c12. The molecule has 0 radical (unpaired) electrons. The number of nitrogens with one attached hydrogen (secondary N) is 1. The molecule has 0 fully saturated rings. The number of nitrogens with zero attached hydrogens (tertiary/aromatic N) is 2. The second-order valence-electron chi connectivity index (χ2n) is 3.15. The lowest BCUT2D eigenvalue weighted by molar-refractivity contribution is 0.450. The number of halogens is 1. The summed E-state index contributed by atoms with van der Waals surface area (Å²) in [6.07, 6.45) is 0. The van der Waals surface area contributed by atoms with E-state index in [0.29, 0.717) is 29.6 Å². The molecule has 2 rings (SSSR count). The molecule has 80 valence electrons. The Labute approximate surface area is 91.6 Å². The van der Waals surface area contributed by atoms with Gasteiger partial charge in [-0.1, -0.05) is 16.8 Å². The summed E-state index contributed by atoms with van der Waals surface area (Å²) in [7, 11) is 0. The first-order valence-corrected chi connectivity index (χ1v) is 4.96. The Morgan fingerprint density at radius 2 is 2.40 bits per heavy atom. The van der Waals surface area contributed by atoms with Crippen LogP contribution in [0.15, 0.2) is 10.6 Å². The molecule has 0 spiro atoms. The van der Waals surface area contributed by atoms with Crippen LogP contribution in [0.5, 0.6) is 0 Å². The summed E-state index contributed by atoms with van der Waals surface area (Å²) in [5, 5.41) is 8.17. The maximum Gasteiger partial charge on any atom is 0.173 e. The van der Waals surface area contributed by atoms with E-state index < -0.39 is 0 Å². The van der Waals surface area contributed by atoms with Crippen molar-refractivity contribution in [3.63, 3.8) is 0 Å². The van der Waals surface area contributed by atoms with E-state index in [-0.39, 0.29) is 0 Å². The highest BCUT2D eigenvalue weighted by Gasteiger charge is 2.11. The zero-order chi connectivity index (χ0) is 10.8. The van der Waals surface area contributed by atoms with Crippen molar-refractivity contribution < 1.29 is 4.52 Å². The molecule has 0 atom stereocenters. The first-order chi connectivity index (χ1) is 7.22. The Hall–Kier alpha value is -1.33. The number of hydrogen-bond acceptors (Lipinski definition) is 5. The quantitative estimate of drug-likeness (QED) is 0.777. The van der Waals surface area contributed by atoms with Gasteiger partial charge >= 0.3 is 0 Å². The van der Waals surface area contributed by atoms with E-state index in [1.807, 2.05) is 6.92 Å². The monoisotopic (exact) mass is 226 g/mol. The Balaban J connectivity index is 2.53. The molecule has 15 heavy (non-hydrogen) atoms. The lowest BCUT2D eigenvalue weighted by Crippen LogP contribution is -2.14. The highest BCUT2D eigenvalue weighted by molar-refractivity contribution is 6.30. The van der Waals surface area contributed by atoms with Gasteiger partial charge in [0.1, 0.15) is 11.0 Å². The Morgan fingerprint density at radius 1 is 1.60 bits per heavy atom. The van der Waals surface area contributed by atoms with Crippen molar-refractivity contribution in [3.8, 4) is 0 Å². The molecule has 2 aromatic rings. The standard InChI is InChI=1S/C9H11ClN4O/c1-5-8-6(15-14-5)4-7(10)13-9(8)12-3-2-11/h4H,2-3,11H2,1H3,(H,12,13). The predicted molar refractivity (Wildman–Crippen MR) is 59.1 cm³/mol. The molecule has 0 aromatic carbocycles. The van der Waals surface area contributed by atoms with Crippen LogP contribution >= 0.6 is 11.6 Å². The van der Waals surface area contributed by atoms with E-state index in [0.717, 1.165) is 11.1 Å². The van der Waals surface area contributed by atoms with Crippen molar-refractivity contribution in [2.75, 3.05) is 18.4 Å². The number of rotatable bonds is 3. The van der Waals surface area contributed by atoms with Crippen LogP contribution in [0.4, 0.5) is 5.82 Å². The third-order valence-corrected chi connectivity index (χ3v) is 2.23. The molecule has 3 N–H and O–H groups in total. The van der Waals surface area contributed by atoms with Crippen molar-refractivity contribution >= 4 is 28.4 Å². The highest BCUT2D eigenvalue weighted by atomic mass is 35.5. The fourth-order valence-electron chi connectivity index (χ4n) is 1.40. The predicted octanol–water partition coefficient (Wildman–Crippen LogP) is 1.56. The summed E-state index contributed by atoms with van der Waals surface area (Å²) in [4.78, 5) is 4.17. The minimum atomic E-state index is 0.373. The third-order valence-electron chi connectivity index (χ3n) is 2.03. The van der Waals surface area contributed by atoms with Crippen LogP contribution in [-0.2, 0) is 0 Å². The average molecular weight is 227 g/mol. The number of aromatic nitrogens is 2. The maximum atomic E-state index is 5.84. The van der Waals surface area contributed by atoms with E-state index >= 15 is 0 Å². The number of hydrogen-bond donors (Lipinski definition) is 2. The van der Waals surface area contributed by atoms with Crippen LogP contribution in [0.3, 0.4) is 0 Å². The van der Waals surface area contributed by atoms with Crippen molar-refractivity contribution in [3.05, 3.63) is 16.9 Å². The molecular weight excluding hydrogens is 216 g/mol. The first-order valence-electron chi connectivity index (χ1n) is 4.59. The van der Waals surface area contributed by atoms with Gasteiger partial charge in [0.2, 0.25) is 0 Å². The minimum Gasteiger partial charge on any atom is -0.368 e. The molecule has 2 aromatic heterocycles. The van der Waals surface area contributed by atoms with Gasteiger partial charge < -0.3 is 15.6 Å². The number of anilines is 1. The molecule has 0 aliphatic carbocycles. The second-order valence-corrected chi connectivity index (χ2v) is 3.54. The van der Waals surface area contributed by atoms with Gasteiger partial charge in [-0.2, -0.15) is 0 Å². The number of fused-ring (bicyclic) bond motifs is 1. The van der Waals surface area contributed by atoms with Gasteiger partial charge in [0.15, 0.2) is 5.58 Å². The van der Waals surface area contributed by atoms with Crippen LogP contribution < -0.4 is 11.1 Å². The Morgan fingerprint density at radius 3 is 3.13 bits per heavy atom. The average Bonchev–Trinajstić information content (AvgIpc) is 2.56.